The van der Waals surface area contributed by atoms with E-state index < -0.39 is 0 Å². The van der Waals surface area contributed by atoms with E-state index in [9.17, 15) is 9.59 Å². The maximum atomic E-state index is 11.8. The van der Waals surface area contributed by atoms with Gasteiger partial charge in [0.05, 0.1) is 12.1 Å². The van der Waals surface area contributed by atoms with Crippen LogP contribution < -0.4 is 0 Å². The molecule has 0 aromatic carbocycles. The minimum atomic E-state index is -0.0366. The van der Waals surface area contributed by atoms with Crippen LogP contribution in [0.2, 0.25) is 0 Å². The van der Waals surface area contributed by atoms with E-state index in [1.807, 2.05) is 7.05 Å². The van der Waals surface area contributed by atoms with Crippen LogP contribution >= 0.6 is 0 Å². The van der Waals surface area contributed by atoms with Crippen LogP contribution in [-0.4, -0.2) is 54.2 Å². The lowest BCUT2D eigenvalue weighted by molar-refractivity contribution is -0.133. The molecular formula is C11H18N2O2. The zero-order valence-electron chi connectivity index (χ0n) is 9.19. The van der Waals surface area contributed by atoms with E-state index in [0.717, 1.165) is 45.1 Å². The van der Waals surface area contributed by atoms with Crippen molar-refractivity contribution in [1.29, 1.82) is 0 Å². The number of likely N-dealkylation sites (N-methyl/N-ethyl adjacent to an activating group) is 1. The van der Waals surface area contributed by atoms with Gasteiger partial charge in [0.2, 0.25) is 5.91 Å². The molecule has 2 atom stereocenters. The lowest BCUT2D eigenvalue weighted by Gasteiger charge is -2.35. The Morgan fingerprint density at radius 3 is 2.67 bits per heavy atom. The SMILES string of the molecule is CN1CCC(N2CCCCC2C=O)C1=O. The first-order chi connectivity index (χ1) is 7.24. The van der Waals surface area contributed by atoms with Crippen LogP contribution in [0.25, 0.3) is 0 Å². The van der Waals surface area contributed by atoms with Crippen molar-refractivity contribution in [3.05, 3.63) is 0 Å². The van der Waals surface area contributed by atoms with Gasteiger partial charge in [-0.2, -0.15) is 0 Å². The predicted molar refractivity (Wildman–Crippen MR) is 56.5 cm³/mol. The van der Waals surface area contributed by atoms with E-state index in [1.165, 1.54) is 0 Å². The molecule has 0 aromatic heterocycles. The lowest BCUT2D eigenvalue weighted by Crippen LogP contribution is -2.50. The maximum absolute atomic E-state index is 11.8. The molecule has 2 saturated heterocycles. The molecule has 1 amide bonds. The molecule has 0 saturated carbocycles. The molecule has 0 radical (unpaired) electrons. The quantitative estimate of drug-likeness (QED) is 0.614. The molecule has 15 heavy (non-hydrogen) atoms. The summed E-state index contributed by atoms with van der Waals surface area (Å²) < 4.78 is 0. The van der Waals surface area contributed by atoms with Gasteiger partial charge in [0, 0.05) is 13.6 Å². The van der Waals surface area contributed by atoms with Crippen LogP contribution in [-0.2, 0) is 9.59 Å². The summed E-state index contributed by atoms with van der Waals surface area (Å²) in [7, 11) is 1.84. The van der Waals surface area contributed by atoms with Crippen LogP contribution in [0.5, 0.6) is 0 Å². The summed E-state index contributed by atoms with van der Waals surface area (Å²) in [6.45, 7) is 1.72. The number of hydrogen-bond acceptors (Lipinski definition) is 3. The van der Waals surface area contributed by atoms with E-state index in [2.05, 4.69) is 4.90 Å². The number of aldehydes is 1. The number of carbonyl (C=O) groups excluding carboxylic acids is 2. The fourth-order valence-corrected chi connectivity index (χ4v) is 2.62. The van der Waals surface area contributed by atoms with Gasteiger partial charge in [-0.15, -0.1) is 0 Å². The van der Waals surface area contributed by atoms with Crippen LogP contribution in [0.15, 0.2) is 0 Å². The van der Waals surface area contributed by atoms with Crippen molar-refractivity contribution in [2.24, 2.45) is 0 Å². The minimum Gasteiger partial charge on any atom is -0.344 e. The van der Waals surface area contributed by atoms with Crippen molar-refractivity contribution in [2.45, 2.75) is 37.8 Å². The van der Waals surface area contributed by atoms with Crippen molar-refractivity contribution in [3.8, 4) is 0 Å². The number of carbonyl (C=O) groups is 2. The third kappa shape index (κ3) is 1.91. The van der Waals surface area contributed by atoms with Crippen molar-refractivity contribution >= 4 is 12.2 Å². The summed E-state index contributed by atoms with van der Waals surface area (Å²) in [5.74, 6) is 0.184. The standard InChI is InChI=1S/C11H18N2O2/c1-12-7-5-10(11(12)15)13-6-3-2-4-9(13)8-14/h8-10H,2-7H2,1H3. The Hall–Kier alpha value is -0.900. The monoisotopic (exact) mass is 210 g/mol. The highest BCUT2D eigenvalue weighted by atomic mass is 16.2. The average Bonchev–Trinajstić information content (AvgIpc) is 2.60. The van der Waals surface area contributed by atoms with Gasteiger partial charge >= 0.3 is 0 Å². The van der Waals surface area contributed by atoms with Crippen molar-refractivity contribution in [1.82, 2.24) is 9.80 Å². The highest BCUT2D eigenvalue weighted by Gasteiger charge is 2.38. The topological polar surface area (TPSA) is 40.6 Å². The lowest BCUT2D eigenvalue weighted by atomic mass is 10.00. The predicted octanol–water partition coefficient (Wildman–Crippen LogP) is 0.270. The zero-order chi connectivity index (χ0) is 10.8. The largest absolute Gasteiger partial charge is 0.344 e. The number of nitrogens with zero attached hydrogens (tertiary/aromatic N) is 2. The molecule has 84 valence electrons. The molecule has 2 fully saturated rings. The van der Waals surface area contributed by atoms with E-state index in [-0.39, 0.29) is 18.0 Å². The van der Waals surface area contributed by atoms with Gasteiger partial charge in [-0.25, -0.2) is 0 Å². The Morgan fingerprint density at radius 1 is 1.27 bits per heavy atom. The van der Waals surface area contributed by atoms with E-state index >= 15 is 0 Å². The molecule has 0 aromatic rings. The van der Waals surface area contributed by atoms with Crippen LogP contribution in [0.3, 0.4) is 0 Å². The third-order valence-corrected chi connectivity index (χ3v) is 3.55. The number of amides is 1. The van der Waals surface area contributed by atoms with Gasteiger partial charge < -0.3 is 9.69 Å². The molecule has 2 unspecified atom stereocenters. The fraction of sp³-hybridized carbons (Fsp3) is 0.818. The Balaban J connectivity index is 2.07. The number of likely N-dealkylation sites (tertiary alicyclic amines) is 2. The molecular weight excluding hydrogens is 192 g/mol. The Labute approximate surface area is 90.2 Å². The highest BCUT2D eigenvalue weighted by Crippen LogP contribution is 2.24. The van der Waals surface area contributed by atoms with Gasteiger partial charge in [0.1, 0.15) is 6.29 Å². The fourth-order valence-electron chi connectivity index (χ4n) is 2.62. The summed E-state index contributed by atoms with van der Waals surface area (Å²) >= 11 is 0. The second-order valence-corrected chi connectivity index (χ2v) is 4.50. The second kappa shape index (κ2) is 4.31. The third-order valence-electron chi connectivity index (χ3n) is 3.55. The normalized spacial score (nSPS) is 33.4. The summed E-state index contributed by atoms with van der Waals surface area (Å²) in [5, 5.41) is 0. The van der Waals surface area contributed by atoms with E-state index in [4.69, 9.17) is 0 Å². The van der Waals surface area contributed by atoms with Gasteiger partial charge in [-0.05, 0) is 25.8 Å². The first kappa shape index (κ1) is 10.6. The van der Waals surface area contributed by atoms with Gasteiger partial charge in [0.25, 0.3) is 0 Å². The van der Waals surface area contributed by atoms with E-state index in [1.54, 1.807) is 4.90 Å². The van der Waals surface area contributed by atoms with Crippen LogP contribution in [0, 0.1) is 0 Å². The summed E-state index contributed by atoms with van der Waals surface area (Å²) in [6.07, 6.45) is 5.01. The van der Waals surface area contributed by atoms with Crippen molar-refractivity contribution < 1.29 is 9.59 Å². The molecule has 0 spiro atoms. The number of hydrogen-bond donors (Lipinski definition) is 0. The van der Waals surface area contributed by atoms with Crippen molar-refractivity contribution in [2.75, 3.05) is 20.1 Å². The van der Waals surface area contributed by atoms with E-state index in [0.29, 0.717) is 0 Å². The maximum Gasteiger partial charge on any atom is 0.239 e. The molecule has 4 heteroatoms. The summed E-state index contributed by atoms with van der Waals surface area (Å²) in [4.78, 5) is 26.6. The molecule has 2 aliphatic heterocycles. The van der Waals surface area contributed by atoms with Crippen LogP contribution in [0.1, 0.15) is 25.7 Å². The Morgan fingerprint density at radius 2 is 2.07 bits per heavy atom. The molecule has 2 aliphatic rings. The van der Waals surface area contributed by atoms with Gasteiger partial charge in [0.15, 0.2) is 0 Å². The molecule has 2 rings (SSSR count). The smallest absolute Gasteiger partial charge is 0.239 e. The van der Waals surface area contributed by atoms with Crippen LogP contribution in [0.4, 0.5) is 0 Å². The summed E-state index contributed by atoms with van der Waals surface area (Å²) in [6, 6.07) is -0.0651. The molecule has 0 aliphatic carbocycles. The second-order valence-electron chi connectivity index (χ2n) is 4.50. The molecule has 2 heterocycles. The molecule has 0 bridgehead atoms. The first-order valence-electron chi connectivity index (χ1n) is 5.70. The first-order valence-corrected chi connectivity index (χ1v) is 5.70. The average molecular weight is 210 g/mol. The number of piperidine rings is 1. The number of rotatable bonds is 2. The van der Waals surface area contributed by atoms with Gasteiger partial charge in [-0.3, -0.25) is 9.69 Å². The molecule has 0 N–H and O–H groups in total. The highest BCUT2D eigenvalue weighted by molar-refractivity contribution is 5.84. The van der Waals surface area contributed by atoms with Crippen molar-refractivity contribution in [3.63, 3.8) is 0 Å². The minimum absolute atomic E-state index is 0.0285. The zero-order valence-corrected chi connectivity index (χ0v) is 9.19. The Bertz CT molecular complexity index is 267. The molecule has 4 nitrogen and oxygen atoms in total. The summed E-state index contributed by atoms with van der Waals surface area (Å²) in [5.41, 5.74) is 0. The van der Waals surface area contributed by atoms with Gasteiger partial charge in [-0.1, -0.05) is 6.42 Å². The Kier molecular flexibility index (Phi) is 3.05.